The summed E-state index contributed by atoms with van der Waals surface area (Å²) >= 11 is 0. The maximum atomic E-state index is 12.5. The lowest BCUT2D eigenvalue weighted by molar-refractivity contribution is -0.162. The summed E-state index contributed by atoms with van der Waals surface area (Å²) in [6, 6.07) is -0.120. The third-order valence-corrected chi connectivity index (χ3v) is 2.19. The number of aldehydes is 1. The molecule has 0 spiro atoms. The molecular formula is C10H5F6NO2. The molecule has 19 heavy (non-hydrogen) atoms. The van der Waals surface area contributed by atoms with Gasteiger partial charge in [0.15, 0.2) is 6.29 Å². The van der Waals surface area contributed by atoms with Crippen LogP contribution in [-0.2, 0) is 12.4 Å². The molecule has 0 heterocycles. The lowest BCUT2D eigenvalue weighted by atomic mass is 9.97. The molecule has 0 aromatic heterocycles. The molecule has 0 fully saturated rings. The second-order valence-corrected chi connectivity index (χ2v) is 3.46. The number of halogens is 6. The maximum Gasteiger partial charge on any atom is 0.417 e. The van der Waals surface area contributed by atoms with E-state index >= 15 is 0 Å². The first kappa shape index (κ1) is 15.0. The summed E-state index contributed by atoms with van der Waals surface area (Å²) in [5.74, 6) is -1.43. The van der Waals surface area contributed by atoms with Crippen LogP contribution in [0.1, 0.15) is 31.8 Å². The van der Waals surface area contributed by atoms with Gasteiger partial charge in [-0.05, 0) is 12.1 Å². The Hall–Kier alpha value is -2.06. The quantitative estimate of drug-likeness (QED) is 0.670. The highest BCUT2D eigenvalue weighted by Gasteiger charge is 2.44. The van der Waals surface area contributed by atoms with Crippen molar-refractivity contribution >= 4 is 12.2 Å². The van der Waals surface area contributed by atoms with Crippen LogP contribution < -0.4 is 5.73 Å². The summed E-state index contributed by atoms with van der Waals surface area (Å²) in [6.07, 6.45) is -10.8. The molecule has 9 heteroatoms. The van der Waals surface area contributed by atoms with Crippen LogP contribution in [0.5, 0.6) is 0 Å². The van der Waals surface area contributed by atoms with E-state index < -0.39 is 40.5 Å². The van der Waals surface area contributed by atoms with Crippen molar-refractivity contribution in [2.75, 3.05) is 0 Å². The number of primary amides is 1. The van der Waals surface area contributed by atoms with Crippen molar-refractivity contribution in [3.05, 3.63) is 34.4 Å². The average Bonchev–Trinajstić information content (AvgIpc) is 2.24. The van der Waals surface area contributed by atoms with Gasteiger partial charge in [0.2, 0.25) is 5.91 Å². The van der Waals surface area contributed by atoms with Crippen molar-refractivity contribution in [3.63, 3.8) is 0 Å². The van der Waals surface area contributed by atoms with Gasteiger partial charge < -0.3 is 5.73 Å². The van der Waals surface area contributed by atoms with Crippen LogP contribution in [0.25, 0.3) is 0 Å². The van der Waals surface area contributed by atoms with Gasteiger partial charge in [-0.15, -0.1) is 0 Å². The number of nitrogens with two attached hydrogens (primary N) is 1. The second kappa shape index (κ2) is 4.56. The Labute approximate surface area is 102 Å². The topological polar surface area (TPSA) is 60.2 Å². The molecule has 0 radical (unpaired) electrons. The number of alkyl halides is 6. The van der Waals surface area contributed by atoms with Gasteiger partial charge in [0.25, 0.3) is 0 Å². The molecule has 0 saturated heterocycles. The largest absolute Gasteiger partial charge is 0.417 e. The molecule has 1 aromatic carbocycles. The van der Waals surface area contributed by atoms with Crippen LogP contribution in [0.2, 0.25) is 0 Å². The minimum absolute atomic E-state index is 0.0457. The molecule has 2 N–H and O–H groups in total. The maximum absolute atomic E-state index is 12.5. The molecule has 0 aliphatic heterocycles. The smallest absolute Gasteiger partial charge is 0.366 e. The van der Waals surface area contributed by atoms with Crippen LogP contribution in [0, 0.1) is 0 Å². The summed E-state index contributed by atoms with van der Waals surface area (Å²) in [7, 11) is 0. The van der Waals surface area contributed by atoms with Crippen molar-refractivity contribution in [3.8, 4) is 0 Å². The molecule has 0 aliphatic carbocycles. The number of carbonyl (C=O) groups excluding carboxylic acids is 2. The summed E-state index contributed by atoms with van der Waals surface area (Å²) < 4.78 is 75.0. The Kier molecular flexibility index (Phi) is 3.60. The van der Waals surface area contributed by atoms with Gasteiger partial charge >= 0.3 is 12.4 Å². The van der Waals surface area contributed by atoms with E-state index in [1.165, 1.54) is 0 Å². The Balaban J connectivity index is 3.73. The van der Waals surface area contributed by atoms with E-state index in [0.29, 0.717) is 0 Å². The van der Waals surface area contributed by atoms with Crippen LogP contribution in [0.15, 0.2) is 12.1 Å². The number of rotatable bonds is 2. The van der Waals surface area contributed by atoms with Gasteiger partial charge in [-0.3, -0.25) is 9.59 Å². The first-order chi connectivity index (χ1) is 8.48. The molecule has 3 nitrogen and oxygen atoms in total. The Morgan fingerprint density at radius 1 is 1.00 bits per heavy atom. The first-order valence-corrected chi connectivity index (χ1v) is 4.56. The highest BCUT2D eigenvalue weighted by molar-refractivity contribution is 6.01. The van der Waals surface area contributed by atoms with Gasteiger partial charge in [-0.1, -0.05) is 0 Å². The highest BCUT2D eigenvalue weighted by atomic mass is 19.4. The molecule has 1 aromatic rings. The lowest BCUT2D eigenvalue weighted by Gasteiger charge is -2.17. The molecule has 0 bridgehead atoms. The fraction of sp³-hybridized carbons (Fsp3) is 0.200. The van der Waals surface area contributed by atoms with Crippen molar-refractivity contribution in [1.82, 2.24) is 0 Å². The SMILES string of the molecule is NC(=O)c1cc(C(F)(F)F)c(C(F)(F)F)cc1C=O. The van der Waals surface area contributed by atoms with E-state index in [1.54, 1.807) is 0 Å². The van der Waals surface area contributed by atoms with Gasteiger partial charge in [-0.2, -0.15) is 26.3 Å². The Morgan fingerprint density at radius 2 is 1.42 bits per heavy atom. The van der Waals surface area contributed by atoms with Crippen LogP contribution in [0.4, 0.5) is 26.3 Å². The zero-order chi connectivity index (χ0) is 15.0. The van der Waals surface area contributed by atoms with Crippen molar-refractivity contribution in [1.29, 1.82) is 0 Å². The fourth-order valence-electron chi connectivity index (χ4n) is 1.40. The number of carbonyl (C=O) groups is 2. The summed E-state index contributed by atoms with van der Waals surface area (Å²) in [5, 5.41) is 0. The Morgan fingerprint density at radius 3 is 1.74 bits per heavy atom. The highest BCUT2D eigenvalue weighted by Crippen LogP contribution is 2.41. The predicted octanol–water partition coefficient (Wildman–Crippen LogP) is 2.64. The monoisotopic (exact) mass is 285 g/mol. The molecule has 0 aliphatic rings. The lowest BCUT2D eigenvalue weighted by Crippen LogP contribution is -2.21. The van der Waals surface area contributed by atoms with E-state index in [2.05, 4.69) is 0 Å². The number of hydrogen-bond donors (Lipinski definition) is 1. The van der Waals surface area contributed by atoms with E-state index in [-0.39, 0.29) is 18.4 Å². The molecule has 0 unspecified atom stereocenters. The molecule has 0 atom stereocenters. The second-order valence-electron chi connectivity index (χ2n) is 3.46. The molecule has 104 valence electrons. The van der Waals surface area contributed by atoms with Crippen molar-refractivity contribution < 1.29 is 35.9 Å². The minimum Gasteiger partial charge on any atom is -0.366 e. The van der Waals surface area contributed by atoms with Crippen molar-refractivity contribution in [2.45, 2.75) is 12.4 Å². The third kappa shape index (κ3) is 3.04. The zero-order valence-electron chi connectivity index (χ0n) is 8.89. The minimum atomic E-state index is -5.34. The normalized spacial score (nSPS) is 12.3. The molecular weight excluding hydrogens is 280 g/mol. The number of hydrogen-bond acceptors (Lipinski definition) is 2. The van der Waals surface area contributed by atoms with Crippen LogP contribution in [0.3, 0.4) is 0 Å². The molecule has 0 saturated carbocycles. The number of benzene rings is 1. The van der Waals surface area contributed by atoms with Gasteiger partial charge in [-0.25, -0.2) is 0 Å². The predicted molar refractivity (Wildman–Crippen MR) is 50.4 cm³/mol. The zero-order valence-corrected chi connectivity index (χ0v) is 8.89. The first-order valence-electron chi connectivity index (χ1n) is 4.56. The van der Waals surface area contributed by atoms with Crippen LogP contribution in [-0.4, -0.2) is 12.2 Å². The molecule has 1 rings (SSSR count). The van der Waals surface area contributed by atoms with Crippen LogP contribution >= 0.6 is 0 Å². The van der Waals surface area contributed by atoms with E-state index in [0.717, 1.165) is 0 Å². The van der Waals surface area contributed by atoms with Crippen molar-refractivity contribution in [2.24, 2.45) is 5.73 Å². The van der Waals surface area contributed by atoms with Gasteiger partial charge in [0.1, 0.15) is 0 Å². The van der Waals surface area contributed by atoms with E-state index in [4.69, 9.17) is 5.73 Å². The summed E-state index contributed by atoms with van der Waals surface area (Å²) in [4.78, 5) is 21.4. The summed E-state index contributed by atoms with van der Waals surface area (Å²) in [5.41, 5.74) is -1.18. The van der Waals surface area contributed by atoms with E-state index in [1.807, 2.05) is 0 Å². The number of amides is 1. The Bertz CT molecular complexity index is 532. The van der Waals surface area contributed by atoms with Gasteiger partial charge in [0, 0.05) is 5.56 Å². The van der Waals surface area contributed by atoms with Gasteiger partial charge in [0.05, 0.1) is 16.7 Å². The standard InChI is InChI=1S/C10H5F6NO2/c11-9(12,13)6-1-4(3-18)5(8(17)19)2-7(6)10(14,15)16/h1-3H,(H2,17,19). The third-order valence-electron chi connectivity index (χ3n) is 2.19. The average molecular weight is 285 g/mol. The molecule has 1 amide bonds. The summed E-state index contributed by atoms with van der Waals surface area (Å²) in [6.45, 7) is 0. The fourth-order valence-corrected chi connectivity index (χ4v) is 1.40. The van der Waals surface area contributed by atoms with E-state index in [9.17, 15) is 35.9 Å².